The average molecular weight is 384 g/mol. The summed E-state index contributed by atoms with van der Waals surface area (Å²) in [5.41, 5.74) is 2.84. The first-order chi connectivity index (χ1) is 13.4. The molecule has 0 saturated carbocycles. The van der Waals surface area contributed by atoms with E-state index in [9.17, 15) is 4.79 Å². The highest BCUT2D eigenvalue weighted by Crippen LogP contribution is 2.31. The molecule has 0 aliphatic rings. The summed E-state index contributed by atoms with van der Waals surface area (Å²) in [5, 5.41) is 0. The number of hydrogen-bond donors (Lipinski definition) is 0. The highest BCUT2D eigenvalue weighted by Gasteiger charge is 2.19. The summed E-state index contributed by atoms with van der Waals surface area (Å²) in [6.45, 7) is 8.54. The molecule has 1 amide bonds. The Morgan fingerprint density at radius 3 is 2.18 bits per heavy atom. The lowest BCUT2D eigenvalue weighted by molar-refractivity contribution is 0.0773. The first kappa shape index (κ1) is 21.8. The molecule has 2 aromatic carbocycles. The molecule has 28 heavy (non-hydrogen) atoms. The summed E-state index contributed by atoms with van der Waals surface area (Å²) in [5.74, 6) is 0.902. The molecule has 0 radical (unpaired) electrons. The lowest BCUT2D eigenvalue weighted by Crippen LogP contribution is -2.37. The van der Waals surface area contributed by atoms with Crippen molar-refractivity contribution in [2.45, 2.75) is 26.8 Å². The van der Waals surface area contributed by atoms with Gasteiger partial charge < -0.3 is 19.4 Å². The second-order valence-corrected chi connectivity index (χ2v) is 7.21. The minimum Gasteiger partial charge on any atom is -0.497 e. The summed E-state index contributed by atoms with van der Waals surface area (Å²) in [7, 11) is 5.83. The molecule has 152 valence electrons. The van der Waals surface area contributed by atoms with E-state index < -0.39 is 0 Å². The Kier molecular flexibility index (Phi) is 7.88. The van der Waals surface area contributed by atoms with Gasteiger partial charge in [0.1, 0.15) is 5.75 Å². The van der Waals surface area contributed by atoms with Crippen LogP contribution in [0.15, 0.2) is 48.5 Å². The summed E-state index contributed by atoms with van der Waals surface area (Å²) in [6, 6.07) is 16.2. The standard InChI is InChI=1S/C23H33N3O2/c1-7-25(8-2)23(27)19-12-14-20(15-13-19)26(18(3)17-24(4)5)21-10-9-11-22(16-21)28-6/h9-16,18H,7-8,17H2,1-6H3. The molecule has 0 aromatic heterocycles. The smallest absolute Gasteiger partial charge is 0.253 e. The maximum absolute atomic E-state index is 12.6. The number of hydrogen-bond acceptors (Lipinski definition) is 4. The quantitative estimate of drug-likeness (QED) is 0.648. The maximum Gasteiger partial charge on any atom is 0.253 e. The minimum absolute atomic E-state index is 0.0748. The van der Waals surface area contributed by atoms with Crippen molar-refractivity contribution >= 4 is 17.3 Å². The maximum atomic E-state index is 12.6. The van der Waals surface area contributed by atoms with Crippen LogP contribution >= 0.6 is 0 Å². The fourth-order valence-corrected chi connectivity index (χ4v) is 3.49. The molecule has 1 atom stereocenters. The number of amides is 1. The predicted octanol–water partition coefficient (Wildman–Crippen LogP) is 4.27. The van der Waals surface area contributed by atoms with Gasteiger partial charge in [-0.15, -0.1) is 0 Å². The molecular formula is C23H33N3O2. The van der Waals surface area contributed by atoms with E-state index in [1.54, 1.807) is 7.11 Å². The van der Waals surface area contributed by atoms with Crippen molar-refractivity contribution in [3.05, 3.63) is 54.1 Å². The summed E-state index contributed by atoms with van der Waals surface area (Å²) < 4.78 is 5.42. The number of rotatable bonds is 9. The Bertz CT molecular complexity index is 755. The van der Waals surface area contributed by atoms with E-state index in [1.807, 2.05) is 61.2 Å². The summed E-state index contributed by atoms with van der Waals surface area (Å²) in [6.07, 6.45) is 0. The van der Waals surface area contributed by atoms with Crippen LogP contribution in [0, 0.1) is 0 Å². The minimum atomic E-state index is 0.0748. The van der Waals surface area contributed by atoms with Gasteiger partial charge in [0.2, 0.25) is 0 Å². The van der Waals surface area contributed by atoms with Crippen LogP contribution < -0.4 is 9.64 Å². The van der Waals surface area contributed by atoms with Gasteiger partial charge in [-0.25, -0.2) is 0 Å². The van der Waals surface area contributed by atoms with Crippen LogP contribution in [0.3, 0.4) is 0 Å². The normalized spacial score (nSPS) is 12.0. The van der Waals surface area contributed by atoms with Crippen LogP contribution in [-0.2, 0) is 0 Å². The monoisotopic (exact) mass is 383 g/mol. The Balaban J connectivity index is 2.39. The Morgan fingerprint density at radius 2 is 1.64 bits per heavy atom. The molecule has 0 heterocycles. The van der Waals surface area contributed by atoms with Crippen molar-refractivity contribution in [1.29, 1.82) is 0 Å². The van der Waals surface area contributed by atoms with Crippen LogP contribution in [-0.4, -0.2) is 62.6 Å². The highest BCUT2D eigenvalue weighted by molar-refractivity contribution is 5.94. The van der Waals surface area contributed by atoms with Gasteiger partial charge in [0.05, 0.1) is 7.11 Å². The fourth-order valence-electron chi connectivity index (χ4n) is 3.49. The van der Waals surface area contributed by atoms with Crippen molar-refractivity contribution in [3.8, 4) is 5.75 Å². The van der Waals surface area contributed by atoms with Crippen molar-refractivity contribution in [2.75, 3.05) is 45.7 Å². The number of benzene rings is 2. The fraction of sp³-hybridized carbons (Fsp3) is 0.435. The SMILES string of the molecule is CCN(CC)C(=O)c1ccc(N(c2cccc(OC)c2)C(C)CN(C)C)cc1. The van der Waals surface area contributed by atoms with Crippen molar-refractivity contribution in [3.63, 3.8) is 0 Å². The van der Waals surface area contributed by atoms with Crippen LogP contribution in [0.2, 0.25) is 0 Å². The third-order valence-electron chi connectivity index (χ3n) is 4.84. The zero-order valence-electron chi connectivity index (χ0n) is 18.0. The van der Waals surface area contributed by atoms with Gasteiger partial charge in [-0.1, -0.05) is 6.07 Å². The number of anilines is 2. The lowest BCUT2D eigenvalue weighted by atomic mass is 10.1. The third-order valence-corrected chi connectivity index (χ3v) is 4.84. The van der Waals surface area contributed by atoms with Gasteiger partial charge in [0, 0.05) is 48.7 Å². The van der Waals surface area contributed by atoms with Crippen molar-refractivity contribution in [1.82, 2.24) is 9.80 Å². The van der Waals surface area contributed by atoms with Gasteiger partial charge in [0.15, 0.2) is 0 Å². The van der Waals surface area contributed by atoms with Crippen LogP contribution in [0.1, 0.15) is 31.1 Å². The van der Waals surface area contributed by atoms with E-state index in [4.69, 9.17) is 4.74 Å². The van der Waals surface area contributed by atoms with E-state index >= 15 is 0 Å². The van der Waals surface area contributed by atoms with Crippen LogP contribution in [0.4, 0.5) is 11.4 Å². The molecule has 5 heteroatoms. The summed E-state index contributed by atoms with van der Waals surface area (Å²) >= 11 is 0. The van der Waals surface area contributed by atoms with E-state index in [0.29, 0.717) is 13.1 Å². The van der Waals surface area contributed by atoms with Gasteiger partial charge in [0.25, 0.3) is 5.91 Å². The molecular weight excluding hydrogens is 350 g/mol. The second kappa shape index (κ2) is 10.1. The van der Waals surface area contributed by atoms with E-state index in [0.717, 1.165) is 29.2 Å². The van der Waals surface area contributed by atoms with Gasteiger partial charge >= 0.3 is 0 Å². The van der Waals surface area contributed by atoms with E-state index in [2.05, 4.69) is 36.9 Å². The first-order valence-corrected chi connectivity index (χ1v) is 9.88. The lowest BCUT2D eigenvalue weighted by Gasteiger charge is -2.33. The molecule has 5 nitrogen and oxygen atoms in total. The van der Waals surface area contributed by atoms with E-state index in [-0.39, 0.29) is 11.9 Å². The zero-order valence-corrected chi connectivity index (χ0v) is 18.0. The Morgan fingerprint density at radius 1 is 1.00 bits per heavy atom. The average Bonchev–Trinajstić information content (AvgIpc) is 2.69. The number of nitrogens with zero attached hydrogens (tertiary/aromatic N) is 3. The second-order valence-electron chi connectivity index (χ2n) is 7.21. The summed E-state index contributed by atoms with van der Waals surface area (Å²) in [4.78, 5) is 18.9. The third kappa shape index (κ3) is 5.26. The Labute approximate surface area is 169 Å². The molecule has 2 aromatic rings. The molecule has 0 spiro atoms. The molecule has 0 saturated heterocycles. The van der Waals surface area contributed by atoms with Crippen LogP contribution in [0.5, 0.6) is 5.75 Å². The predicted molar refractivity (Wildman–Crippen MR) is 117 cm³/mol. The number of ether oxygens (including phenoxy) is 1. The molecule has 0 N–H and O–H groups in total. The number of likely N-dealkylation sites (N-methyl/N-ethyl adjacent to an activating group) is 1. The van der Waals surface area contributed by atoms with Gasteiger partial charge in [-0.3, -0.25) is 4.79 Å². The van der Waals surface area contributed by atoms with E-state index in [1.165, 1.54) is 0 Å². The topological polar surface area (TPSA) is 36.0 Å². The zero-order chi connectivity index (χ0) is 20.7. The largest absolute Gasteiger partial charge is 0.497 e. The molecule has 2 rings (SSSR count). The molecule has 0 bridgehead atoms. The number of carbonyl (C=O) groups is 1. The highest BCUT2D eigenvalue weighted by atomic mass is 16.5. The first-order valence-electron chi connectivity index (χ1n) is 9.88. The molecule has 0 aliphatic carbocycles. The van der Waals surface area contributed by atoms with Gasteiger partial charge in [-0.2, -0.15) is 0 Å². The number of methoxy groups -OCH3 is 1. The molecule has 0 aliphatic heterocycles. The van der Waals surface area contributed by atoms with Crippen LogP contribution in [0.25, 0.3) is 0 Å². The Hall–Kier alpha value is -2.53. The van der Waals surface area contributed by atoms with Crippen molar-refractivity contribution in [2.24, 2.45) is 0 Å². The number of carbonyl (C=O) groups excluding carboxylic acids is 1. The molecule has 1 unspecified atom stereocenters. The van der Waals surface area contributed by atoms with Crippen molar-refractivity contribution < 1.29 is 9.53 Å². The molecule has 0 fully saturated rings. The van der Waals surface area contributed by atoms with Gasteiger partial charge in [-0.05, 0) is 71.3 Å².